The quantitative estimate of drug-likeness (QED) is 0.882. The van der Waals surface area contributed by atoms with Crippen LogP contribution >= 0.6 is 11.6 Å². The SMILES string of the molecule is CCC(=O)Nc1ccc(NCc2ccc(Cl)cc2)nc1. The molecule has 1 heterocycles. The van der Waals surface area contributed by atoms with Gasteiger partial charge in [0.15, 0.2) is 0 Å². The second-order valence-corrected chi connectivity index (χ2v) is 4.75. The number of carbonyl (C=O) groups is 1. The monoisotopic (exact) mass is 289 g/mol. The zero-order valence-electron chi connectivity index (χ0n) is 11.2. The lowest BCUT2D eigenvalue weighted by molar-refractivity contribution is -0.115. The molecule has 5 heteroatoms. The molecule has 0 aliphatic rings. The number of benzene rings is 1. The number of rotatable bonds is 5. The minimum absolute atomic E-state index is 0.0197. The minimum atomic E-state index is -0.0197. The van der Waals surface area contributed by atoms with Crippen LogP contribution in [0, 0.1) is 0 Å². The van der Waals surface area contributed by atoms with Gasteiger partial charge in [0.1, 0.15) is 5.82 Å². The van der Waals surface area contributed by atoms with Crippen molar-refractivity contribution in [2.75, 3.05) is 10.6 Å². The van der Waals surface area contributed by atoms with E-state index < -0.39 is 0 Å². The zero-order chi connectivity index (χ0) is 14.4. The highest BCUT2D eigenvalue weighted by Crippen LogP contribution is 2.13. The van der Waals surface area contributed by atoms with Crippen molar-refractivity contribution in [2.45, 2.75) is 19.9 Å². The Morgan fingerprint density at radius 2 is 1.95 bits per heavy atom. The number of hydrogen-bond donors (Lipinski definition) is 2. The van der Waals surface area contributed by atoms with Crippen molar-refractivity contribution in [1.82, 2.24) is 4.98 Å². The number of aromatic nitrogens is 1. The van der Waals surface area contributed by atoms with Gasteiger partial charge in [-0.15, -0.1) is 0 Å². The Bertz CT molecular complexity index is 567. The molecule has 104 valence electrons. The molecule has 4 nitrogen and oxygen atoms in total. The number of anilines is 2. The first-order valence-corrected chi connectivity index (χ1v) is 6.79. The van der Waals surface area contributed by atoms with E-state index in [1.807, 2.05) is 43.3 Å². The Balaban J connectivity index is 1.90. The highest BCUT2D eigenvalue weighted by molar-refractivity contribution is 6.30. The smallest absolute Gasteiger partial charge is 0.224 e. The normalized spacial score (nSPS) is 10.1. The Hall–Kier alpha value is -2.07. The van der Waals surface area contributed by atoms with Crippen molar-refractivity contribution < 1.29 is 4.79 Å². The zero-order valence-corrected chi connectivity index (χ0v) is 11.9. The molecule has 0 saturated heterocycles. The average Bonchev–Trinajstić information content (AvgIpc) is 2.48. The summed E-state index contributed by atoms with van der Waals surface area (Å²) in [6.45, 7) is 2.48. The first-order chi connectivity index (χ1) is 9.67. The van der Waals surface area contributed by atoms with Crippen LogP contribution in [-0.4, -0.2) is 10.9 Å². The molecule has 0 bridgehead atoms. The summed E-state index contributed by atoms with van der Waals surface area (Å²) in [6, 6.07) is 11.3. The number of nitrogens with one attached hydrogen (secondary N) is 2. The van der Waals surface area contributed by atoms with E-state index >= 15 is 0 Å². The summed E-state index contributed by atoms with van der Waals surface area (Å²) in [7, 11) is 0. The molecule has 0 saturated carbocycles. The molecular formula is C15H16ClN3O. The molecule has 2 N–H and O–H groups in total. The average molecular weight is 290 g/mol. The Morgan fingerprint density at radius 3 is 2.55 bits per heavy atom. The van der Waals surface area contributed by atoms with E-state index in [1.165, 1.54) is 0 Å². The number of carbonyl (C=O) groups excluding carboxylic acids is 1. The Morgan fingerprint density at radius 1 is 1.20 bits per heavy atom. The fourth-order valence-electron chi connectivity index (χ4n) is 1.62. The number of hydrogen-bond acceptors (Lipinski definition) is 3. The van der Waals surface area contributed by atoms with Crippen LogP contribution in [0.1, 0.15) is 18.9 Å². The molecule has 0 fully saturated rings. The van der Waals surface area contributed by atoms with E-state index in [4.69, 9.17) is 11.6 Å². The molecule has 0 atom stereocenters. The maximum atomic E-state index is 11.2. The summed E-state index contributed by atoms with van der Waals surface area (Å²) < 4.78 is 0. The standard InChI is InChI=1S/C15H16ClN3O/c1-2-15(20)19-13-7-8-14(18-10-13)17-9-11-3-5-12(16)6-4-11/h3-8,10H,2,9H2,1H3,(H,17,18)(H,19,20). The van der Waals surface area contributed by atoms with Crippen LogP contribution in [0.3, 0.4) is 0 Å². The number of nitrogens with zero attached hydrogens (tertiary/aromatic N) is 1. The van der Waals surface area contributed by atoms with Gasteiger partial charge >= 0.3 is 0 Å². The first kappa shape index (κ1) is 14.3. The van der Waals surface area contributed by atoms with Crippen LogP contribution < -0.4 is 10.6 Å². The second kappa shape index (κ2) is 6.91. The third kappa shape index (κ3) is 4.24. The van der Waals surface area contributed by atoms with Gasteiger partial charge in [0.2, 0.25) is 5.91 Å². The van der Waals surface area contributed by atoms with E-state index in [2.05, 4.69) is 15.6 Å². The van der Waals surface area contributed by atoms with Crippen LogP contribution in [0.2, 0.25) is 5.02 Å². The molecule has 2 aromatic rings. The molecule has 1 aromatic carbocycles. The highest BCUT2D eigenvalue weighted by Gasteiger charge is 2.00. The topological polar surface area (TPSA) is 54.0 Å². The van der Waals surface area contributed by atoms with Gasteiger partial charge in [-0.3, -0.25) is 4.79 Å². The van der Waals surface area contributed by atoms with Crippen molar-refractivity contribution in [2.24, 2.45) is 0 Å². The fourth-order valence-corrected chi connectivity index (χ4v) is 1.74. The predicted molar refractivity (Wildman–Crippen MR) is 81.9 cm³/mol. The molecule has 0 aliphatic heterocycles. The summed E-state index contributed by atoms with van der Waals surface area (Å²) in [5.74, 6) is 0.739. The molecule has 1 amide bonds. The Labute approximate surface area is 123 Å². The van der Waals surface area contributed by atoms with Crippen LogP contribution in [0.25, 0.3) is 0 Å². The molecule has 20 heavy (non-hydrogen) atoms. The second-order valence-electron chi connectivity index (χ2n) is 4.31. The summed E-state index contributed by atoms with van der Waals surface area (Å²) in [5, 5.41) is 6.69. The van der Waals surface area contributed by atoms with Crippen LogP contribution in [0.15, 0.2) is 42.6 Å². The Kier molecular flexibility index (Phi) is 4.96. The van der Waals surface area contributed by atoms with Crippen molar-refractivity contribution in [3.05, 3.63) is 53.2 Å². The van der Waals surface area contributed by atoms with Gasteiger partial charge in [0.25, 0.3) is 0 Å². The lowest BCUT2D eigenvalue weighted by Crippen LogP contribution is -2.09. The summed E-state index contributed by atoms with van der Waals surface area (Å²) in [6.07, 6.45) is 2.09. The van der Waals surface area contributed by atoms with Gasteiger partial charge in [-0.1, -0.05) is 30.7 Å². The van der Waals surface area contributed by atoms with Gasteiger partial charge in [-0.05, 0) is 29.8 Å². The molecule has 0 aliphatic carbocycles. The fraction of sp³-hybridized carbons (Fsp3) is 0.200. The third-order valence-electron chi connectivity index (χ3n) is 2.76. The lowest BCUT2D eigenvalue weighted by Gasteiger charge is -2.07. The number of halogens is 1. The van der Waals surface area contributed by atoms with Crippen LogP contribution in [0.5, 0.6) is 0 Å². The highest BCUT2D eigenvalue weighted by atomic mass is 35.5. The predicted octanol–water partition coefficient (Wildman–Crippen LogP) is 3.70. The molecule has 0 radical (unpaired) electrons. The number of pyridine rings is 1. The summed E-state index contributed by atoms with van der Waals surface area (Å²) >= 11 is 5.83. The van der Waals surface area contributed by atoms with Gasteiger partial charge < -0.3 is 10.6 Å². The summed E-state index contributed by atoms with van der Waals surface area (Å²) in [4.78, 5) is 15.5. The van der Waals surface area contributed by atoms with E-state index in [0.29, 0.717) is 18.7 Å². The van der Waals surface area contributed by atoms with Crippen molar-refractivity contribution in [1.29, 1.82) is 0 Å². The van der Waals surface area contributed by atoms with Gasteiger partial charge in [0, 0.05) is 18.0 Å². The molecule has 0 spiro atoms. The third-order valence-corrected chi connectivity index (χ3v) is 3.01. The van der Waals surface area contributed by atoms with E-state index in [-0.39, 0.29) is 5.91 Å². The maximum absolute atomic E-state index is 11.2. The first-order valence-electron chi connectivity index (χ1n) is 6.41. The van der Waals surface area contributed by atoms with E-state index in [9.17, 15) is 4.79 Å². The van der Waals surface area contributed by atoms with Gasteiger partial charge in [-0.2, -0.15) is 0 Å². The molecule has 0 unspecified atom stereocenters. The van der Waals surface area contributed by atoms with E-state index in [1.54, 1.807) is 6.20 Å². The van der Waals surface area contributed by atoms with E-state index in [0.717, 1.165) is 16.4 Å². The molecular weight excluding hydrogens is 274 g/mol. The van der Waals surface area contributed by atoms with Crippen molar-refractivity contribution in [3.63, 3.8) is 0 Å². The van der Waals surface area contributed by atoms with Crippen LogP contribution in [0.4, 0.5) is 11.5 Å². The van der Waals surface area contributed by atoms with Crippen LogP contribution in [-0.2, 0) is 11.3 Å². The molecule has 2 rings (SSSR count). The van der Waals surface area contributed by atoms with Crippen molar-refractivity contribution >= 4 is 29.0 Å². The lowest BCUT2D eigenvalue weighted by atomic mass is 10.2. The van der Waals surface area contributed by atoms with Gasteiger partial charge in [0.05, 0.1) is 11.9 Å². The molecule has 1 aromatic heterocycles. The number of amides is 1. The van der Waals surface area contributed by atoms with Gasteiger partial charge in [-0.25, -0.2) is 4.98 Å². The summed E-state index contributed by atoms with van der Waals surface area (Å²) in [5.41, 5.74) is 1.83. The minimum Gasteiger partial charge on any atom is -0.366 e. The maximum Gasteiger partial charge on any atom is 0.224 e. The van der Waals surface area contributed by atoms with Crippen molar-refractivity contribution in [3.8, 4) is 0 Å². The largest absolute Gasteiger partial charge is 0.366 e.